The molecule has 8 heteroatoms. The highest BCUT2D eigenvalue weighted by atomic mass is 32.2. The zero-order chi connectivity index (χ0) is 18.0. The Hall–Kier alpha value is -2.19. The number of fused-ring (bicyclic) bond motifs is 1. The van der Waals surface area contributed by atoms with Crippen LogP contribution in [0.5, 0.6) is 0 Å². The standard InChI is InChI=1S/C17H14FNO4S2/c1-2-25(21,22)13-7-8-16-14(9-13)19-17(23-16)24-10-15(20)11-3-5-12(18)6-4-11/h3-9H,2,10H2,1H3. The lowest BCUT2D eigenvalue weighted by Gasteiger charge is -1.99. The molecule has 0 aliphatic carbocycles. The first-order valence-corrected chi connectivity index (χ1v) is 10.1. The molecule has 0 unspecified atom stereocenters. The number of nitrogens with zero attached hydrogens (tertiary/aromatic N) is 1. The van der Waals surface area contributed by atoms with Crippen molar-refractivity contribution in [2.45, 2.75) is 17.0 Å². The topological polar surface area (TPSA) is 77.2 Å². The lowest BCUT2D eigenvalue weighted by atomic mass is 10.1. The summed E-state index contributed by atoms with van der Waals surface area (Å²) in [7, 11) is -3.32. The molecule has 0 atom stereocenters. The number of thioether (sulfide) groups is 1. The molecule has 0 radical (unpaired) electrons. The van der Waals surface area contributed by atoms with E-state index in [4.69, 9.17) is 4.42 Å². The van der Waals surface area contributed by atoms with Crippen LogP contribution in [-0.4, -0.2) is 30.7 Å². The van der Waals surface area contributed by atoms with Gasteiger partial charge in [-0.25, -0.2) is 17.8 Å². The number of halogens is 1. The van der Waals surface area contributed by atoms with E-state index in [0.717, 1.165) is 11.8 Å². The third kappa shape index (κ3) is 3.91. The number of benzene rings is 2. The first-order valence-electron chi connectivity index (χ1n) is 7.44. The van der Waals surface area contributed by atoms with Crippen LogP contribution in [0.2, 0.25) is 0 Å². The molecule has 0 spiro atoms. The lowest BCUT2D eigenvalue weighted by molar-refractivity contribution is 0.102. The van der Waals surface area contributed by atoms with Gasteiger partial charge in [-0.3, -0.25) is 4.79 Å². The predicted octanol–water partition coefficient (Wildman–Crippen LogP) is 3.74. The molecular weight excluding hydrogens is 365 g/mol. The van der Waals surface area contributed by atoms with Crippen molar-refractivity contribution >= 4 is 38.5 Å². The quantitative estimate of drug-likeness (QED) is 0.480. The van der Waals surface area contributed by atoms with Crippen molar-refractivity contribution in [1.82, 2.24) is 4.98 Å². The Bertz CT molecular complexity index is 1030. The number of hydrogen-bond acceptors (Lipinski definition) is 6. The number of sulfone groups is 1. The molecule has 3 aromatic rings. The Morgan fingerprint density at radius 2 is 1.92 bits per heavy atom. The van der Waals surface area contributed by atoms with E-state index < -0.39 is 15.7 Å². The Morgan fingerprint density at radius 3 is 2.60 bits per heavy atom. The van der Waals surface area contributed by atoms with E-state index in [9.17, 15) is 17.6 Å². The Morgan fingerprint density at radius 1 is 1.20 bits per heavy atom. The van der Waals surface area contributed by atoms with Crippen LogP contribution >= 0.6 is 11.8 Å². The maximum atomic E-state index is 12.9. The molecular formula is C17H14FNO4S2. The Balaban J connectivity index is 1.76. The maximum absolute atomic E-state index is 12.9. The van der Waals surface area contributed by atoms with Crippen LogP contribution in [0.4, 0.5) is 4.39 Å². The highest BCUT2D eigenvalue weighted by Gasteiger charge is 2.15. The van der Waals surface area contributed by atoms with Crippen molar-refractivity contribution < 1.29 is 22.0 Å². The van der Waals surface area contributed by atoms with E-state index in [0.29, 0.717) is 16.7 Å². The number of ketones is 1. The predicted molar refractivity (Wildman–Crippen MR) is 93.2 cm³/mol. The molecule has 3 rings (SSSR count). The average Bonchev–Trinajstić information content (AvgIpc) is 3.02. The van der Waals surface area contributed by atoms with Crippen molar-refractivity contribution in [3.8, 4) is 0 Å². The molecule has 0 saturated heterocycles. The molecule has 1 aromatic heterocycles. The third-order valence-electron chi connectivity index (χ3n) is 3.57. The van der Waals surface area contributed by atoms with Crippen molar-refractivity contribution in [2.75, 3.05) is 11.5 Å². The molecule has 0 N–H and O–H groups in total. The van der Waals surface area contributed by atoms with Crippen molar-refractivity contribution in [1.29, 1.82) is 0 Å². The smallest absolute Gasteiger partial charge is 0.257 e. The summed E-state index contributed by atoms with van der Waals surface area (Å²) in [6.07, 6.45) is 0. The zero-order valence-electron chi connectivity index (χ0n) is 13.2. The molecule has 0 aliphatic heterocycles. The van der Waals surface area contributed by atoms with Gasteiger partial charge in [0, 0.05) is 5.56 Å². The fourth-order valence-electron chi connectivity index (χ4n) is 2.15. The SMILES string of the molecule is CCS(=O)(=O)c1ccc2oc(SCC(=O)c3ccc(F)cc3)nc2c1. The van der Waals surface area contributed by atoms with E-state index >= 15 is 0 Å². The fourth-order valence-corrected chi connectivity index (χ4v) is 3.79. The van der Waals surface area contributed by atoms with E-state index in [1.807, 2.05) is 0 Å². The summed E-state index contributed by atoms with van der Waals surface area (Å²) in [5, 5.41) is 0.275. The fraction of sp³-hybridized carbons (Fsp3) is 0.176. The second kappa shape index (κ2) is 6.97. The van der Waals surface area contributed by atoms with Gasteiger partial charge in [-0.1, -0.05) is 18.7 Å². The van der Waals surface area contributed by atoms with Crippen LogP contribution in [0.15, 0.2) is 57.0 Å². The van der Waals surface area contributed by atoms with E-state index in [-0.39, 0.29) is 27.4 Å². The molecule has 0 saturated carbocycles. The summed E-state index contributed by atoms with van der Waals surface area (Å²) in [4.78, 5) is 16.5. The maximum Gasteiger partial charge on any atom is 0.257 e. The molecule has 5 nitrogen and oxygen atoms in total. The number of rotatable bonds is 6. The van der Waals surface area contributed by atoms with Crippen molar-refractivity contribution in [2.24, 2.45) is 0 Å². The van der Waals surface area contributed by atoms with Crippen molar-refractivity contribution in [3.63, 3.8) is 0 Å². The zero-order valence-corrected chi connectivity index (χ0v) is 14.9. The monoisotopic (exact) mass is 379 g/mol. The Kier molecular flexibility index (Phi) is 4.91. The van der Waals surface area contributed by atoms with E-state index in [1.165, 1.54) is 36.4 Å². The summed E-state index contributed by atoms with van der Waals surface area (Å²) in [6.45, 7) is 1.57. The van der Waals surface area contributed by atoms with Crippen LogP contribution in [0, 0.1) is 5.82 Å². The number of aromatic nitrogens is 1. The number of Topliss-reactive ketones (excluding diaryl/α,β-unsaturated/α-hetero) is 1. The molecule has 25 heavy (non-hydrogen) atoms. The molecule has 130 valence electrons. The minimum Gasteiger partial charge on any atom is -0.431 e. The van der Waals surface area contributed by atoms with Gasteiger partial charge in [0.1, 0.15) is 11.3 Å². The summed E-state index contributed by atoms with van der Waals surface area (Å²) in [5.74, 6) is -0.495. The second-order valence-corrected chi connectivity index (χ2v) is 8.44. The highest BCUT2D eigenvalue weighted by molar-refractivity contribution is 7.99. The highest BCUT2D eigenvalue weighted by Crippen LogP contribution is 2.26. The summed E-state index contributed by atoms with van der Waals surface area (Å²) in [6, 6.07) is 9.79. The van der Waals surface area contributed by atoms with Crippen LogP contribution in [-0.2, 0) is 9.84 Å². The number of hydrogen-bond donors (Lipinski definition) is 0. The summed E-state index contributed by atoms with van der Waals surface area (Å²) in [5.41, 5.74) is 1.28. The molecule has 1 heterocycles. The van der Waals surface area contributed by atoms with Crippen LogP contribution in [0.3, 0.4) is 0 Å². The van der Waals surface area contributed by atoms with Gasteiger partial charge < -0.3 is 4.42 Å². The van der Waals surface area contributed by atoms with Gasteiger partial charge in [0.25, 0.3) is 5.22 Å². The van der Waals surface area contributed by atoms with Gasteiger partial charge in [-0.15, -0.1) is 0 Å². The van der Waals surface area contributed by atoms with Gasteiger partial charge in [-0.05, 0) is 42.5 Å². The molecule has 0 bridgehead atoms. The molecule has 0 aliphatic rings. The van der Waals surface area contributed by atoms with Gasteiger partial charge in [0.05, 0.1) is 16.4 Å². The lowest BCUT2D eigenvalue weighted by Crippen LogP contribution is -2.03. The molecule has 2 aromatic carbocycles. The van der Waals surface area contributed by atoms with E-state index in [2.05, 4.69) is 4.98 Å². The minimum absolute atomic E-state index is 0.00410. The average molecular weight is 379 g/mol. The Labute approximate surface area is 148 Å². The van der Waals surface area contributed by atoms with Crippen LogP contribution in [0.1, 0.15) is 17.3 Å². The number of oxazole rings is 1. The van der Waals surface area contributed by atoms with Gasteiger partial charge in [-0.2, -0.15) is 0 Å². The number of carbonyl (C=O) groups excluding carboxylic acids is 1. The summed E-state index contributed by atoms with van der Waals surface area (Å²) < 4.78 is 42.2. The van der Waals surface area contributed by atoms with Gasteiger partial charge in [0.2, 0.25) is 0 Å². The van der Waals surface area contributed by atoms with Gasteiger partial charge in [0.15, 0.2) is 21.2 Å². The largest absolute Gasteiger partial charge is 0.431 e. The normalized spacial score (nSPS) is 11.8. The van der Waals surface area contributed by atoms with Gasteiger partial charge >= 0.3 is 0 Å². The molecule has 0 amide bonds. The van der Waals surface area contributed by atoms with Crippen LogP contribution in [0.25, 0.3) is 11.1 Å². The first kappa shape index (κ1) is 17.6. The third-order valence-corrected chi connectivity index (χ3v) is 6.13. The van der Waals surface area contributed by atoms with Crippen molar-refractivity contribution in [3.05, 3.63) is 53.8 Å². The second-order valence-electron chi connectivity index (χ2n) is 5.23. The first-order chi connectivity index (χ1) is 11.9. The van der Waals surface area contributed by atoms with Crippen LogP contribution < -0.4 is 0 Å². The number of carbonyl (C=O) groups is 1. The summed E-state index contributed by atoms with van der Waals surface area (Å²) >= 11 is 1.10. The van der Waals surface area contributed by atoms with E-state index in [1.54, 1.807) is 13.0 Å². The molecule has 0 fully saturated rings. The minimum atomic E-state index is -3.32.